The maximum absolute atomic E-state index is 14.0. The summed E-state index contributed by atoms with van der Waals surface area (Å²) in [6.07, 6.45) is 0. The number of nitrogens with one attached hydrogen (secondary N) is 1. The molecule has 0 radical (unpaired) electrons. The first-order chi connectivity index (χ1) is 9.58. The molecule has 4 heteroatoms. The van der Waals surface area contributed by atoms with Gasteiger partial charge >= 0.3 is 0 Å². The smallest absolute Gasteiger partial charge is 0.166 e. The molecule has 0 aliphatic carbocycles. The van der Waals surface area contributed by atoms with E-state index in [-0.39, 0.29) is 5.56 Å². The fourth-order valence-corrected chi connectivity index (χ4v) is 2.14. The van der Waals surface area contributed by atoms with Gasteiger partial charge in [-0.25, -0.2) is 8.78 Å². The van der Waals surface area contributed by atoms with Gasteiger partial charge in [-0.05, 0) is 37.2 Å². The van der Waals surface area contributed by atoms with Crippen molar-refractivity contribution in [3.8, 4) is 16.9 Å². The van der Waals surface area contributed by atoms with Crippen molar-refractivity contribution in [3.05, 3.63) is 53.1 Å². The van der Waals surface area contributed by atoms with Crippen LogP contribution in [0, 0.1) is 18.6 Å². The molecule has 0 unspecified atom stereocenters. The Labute approximate surface area is 117 Å². The second kappa shape index (κ2) is 6.01. The maximum Gasteiger partial charge on any atom is 0.166 e. The fourth-order valence-electron chi connectivity index (χ4n) is 2.14. The summed E-state index contributed by atoms with van der Waals surface area (Å²) in [4.78, 5) is 0. The van der Waals surface area contributed by atoms with Gasteiger partial charge < -0.3 is 10.1 Å². The summed E-state index contributed by atoms with van der Waals surface area (Å²) < 4.78 is 32.9. The van der Waals surface area contributed by atoms with Crippen molar-refractivity contribution in [2.24, 2.45) is 0 Å². The Hall–Kier alpha value is -1.94. The van der Waals surface area contributed by atoms with Crippen molar-refractivity contribution in [1.29, 1.82) is 0 Å². The monoisotopic (exact) mass is 277 g/mol. The van der Waals surface area contributed by atoms with Crippen LogP contribution >= 0.6 is 0 Å². The van der Waals surface area contributed by atoms with Crippen LogP contribution in [0.1, 0.15) is 11.1 Å². The predicted octanol–water partition coefficient (Wildman–Crippen LogP) is 3.67. The number of aryl methyl sites for hydroxylation is 1. The van der Waals surface area contributed by atoms with Crippen LogP contribution < -0.4 is 10.1 Å². The lowest BCUT2D eigenvalue weighted by atomic mass is 10.00. The number of halogens is 2. The van der Waals surface area contributed by atoms with E-state index in [1.165, 1.54) is 0 Å². The van der Waals surface area contributed by atoms with Crippen LogP contribution in [-0.2, 0) is 6.54 Å². The maximum atomic E-state index is 14.0. The Morgan fingerprint density at radius 2 is 1.85 bits per heavy atom. The predicted molar refractivity (Wildman–Crippen MR) is 75.8 cm³/mol. The van der Waals surface area contributed by atoms with Crippen LogP contribution in [0.25, 0.3) is 11.1 Å². The molecule has 2 nitrogen and oxygen atoms in total. The van der Waals surface area contributed by atoms with Crippen LogP contribution in [0.4, 0.5) is 8.78 Å². The summed E-state index contributed by atoms with van der Waals surface area (Å²) in [6, 6.07) is 8.47. The summed E-state index contributed by atoms with van der Waals surface area (Å²) in [5, 5.41) is 3.02. The minimum absolute atomic E-state index is 0.258. The Bertz CT molecular complexity index is 626. The normalized spacial score (nSPS) is 10.7. The molecule has 0 saturated carbocycles. The van der Waals surface area contributed by atoms with Gasteiger partial charge in [0.25, 0.3) is 0 Å². The second-order valence-electron chi connectivity index (χ2n) is 4.61. The Balaban J connectivity index is 2.53. The van der Waals surface area contributed by atoms with E-state index in [0.29, 0.717) is 17.7 Å². The first-order valence-corrected chi connectivity index (χ1v) is 6.35. The zero-order valence-electron chi connectivity index (χ0n) is 11.8. The summed E-state index contributed by atoms with van der Waals surface area (Å²) in [5.41, 5.74) is 2.09. The lowest BCUT2D eigenvalue weighted by Gasteiger charge is -2.12. The molecule has 2 rings (SSSR count). The van der Waals surface area contributed by atoms with Gasteiger partial charge in [0.05, 0.1) is 7.11 Å². The third-order valence-corrected chi connectivity index (χ3v) is 3.23. The van der Waals surface area contributed by atoms with Gasteiger partial charge in [-0.15, -0.1) is 0 Å². The number of methoxy groups -OCH3 is 1. The molecule has 2 aromatic carbocycles. The van der Waals surface area contributed by atoms with E-state index in [2.05, 4.69) is 5.32 Å². The fraction of sp³-hybridized carbons (Fsp3) is 0.250. The van der Waals surface area contributed by atoms with E-state index in [4.69, 9.17) is 4.74 Å². The van der Waals surface area contributed by atoms with Crippen molar-refractivity contribution >= 4 is 0 Å². The molecule has 0 aliphatic rings. The zero-order chi connectivity index (χ0) is 14.7. The number of hydrogen-bond acceptors (Lipinski definition) is 2. The highest BCUT2D eigenvalue weighted by atomic mass is 19.2. The third kappa shape index (κ3) is 2.65. The molecule has 106 valence electrons. The van der Waals surface area contributed by atoms with E-state index in [0.717, 1.165) is 11.3 Å². The largest absolute Gasteiger partial charge is 0.496 e. The molecule has 0 atom stereocenters. The van der Waals surface area contributed by atoms with Gasteiger partial charge in [0.15, 0.2) is 11.6 Å². The van der Waals surface area contributed by atoms with Crippen molar-refractivity contribution in [3.63, 3.8) is 0 Å². The van der Waals surface area contributed by atoms with Crippen molar-refractivity contribution in [1.82, 2.24) is 5.32 Å². The van der Waals surface area contributed by atoms with Crippen LogP contribution in [0.3, 0.4) is 0 Å². The summed E-state index contributed by atoms with van der Waals surface area (Å²) in [7, 11) is 3.40. The van der Waals surface area contributed by atoms with Crippen molar-refractivity contribution in [2.75, 3.05) is 14.2 Å². The molecule has 0 heterocycles. The molecule has 0 aliphatic heterocycles. The number of hydrogen-bond donors (Lipinski definition) is 1. The molecule has 20 heavy (non-hydrogen) atoms. The molecule has 0 bridgehead atoms. The Morgan fingerprint density at radius 3 is 2.50 bits per heavy atom. The highest BCUT2D eigenvalue weighted by molar-refractivity contribution is 5.67. The number of ether oxygens (including phenoxy) is 1. The molecule has 0 spiro atoms. The van der Waals surface area contributed by atoms with Crippen LogP contribution in [0.2, 0.25) is 0 Å². The summed E-state index contributed by atoms with van der Waals surface area (Å²) in [5.74, 6) is -0.893. The van der Waals surface area contributed by atoms with Crippen molar-refractivity contribution in [2.45, 2.75) is 13.5 Å². The topological polar surface area (TPSA) is 21.3 Å². The average Bonchev–Trinajstić information content (AvgIpc) is 2.45. The first-order valence-electron chi connectivity index (χ1n) is 6.35. The molecular weight excluding hydrogens is 260 g/mol. The molecule has 0 aromatic heterocycles. The first kappa shape index (κ1) is 14.5. The second-order valence-corrected chi connectivity index (χ2v) is 4.61. The van der Waals surface area contributed by atoms with E-state index in [1.807, 2.05) is 13.1 Å². The van der Waals surface area contributed by atoms with Gasteiger partial charge in [0.2, 0.25) is 0 Å². The SMILES string of the molecule is CNCc1cc(-c2ccc(C)c(F)c2F)ccc1OC. The lowest BCUT2D eigenvalue weighted by Crippen LogP contribution is -2.07. The molecule has 1 N–H and O–H groups in total. The summed E-state index contributed by atoms with van der Waals surface area (Å²) in [6.45, 7) is 2.13. The van der Waals surface area contributed by atoms with Gasteiger partial charge in [-0.2, -0.15) is 0 Å². The minimum atomic E-state index is -0.814. The van der Waals surface area contributed by atoms with Crippen LogP contribution in [0.5, 0.6) is 5.75 Å². The number of rotatable bonds is 4. The quantitative estimate of drug-likeness (QED) is 0.920. The highest BCUT2D eigenvalue weighted by Gasteiger charge is 2.14. The Kier molecular flexibility index (Phi) is 4.35. The van der Waals surface area contributed by atoms with Crippen molar-refractivity contribution < 1.29 is 13.5 Å². The van der Waals surface area contributed by atoms with Crippen LogP contribution in [0.15, 0.2) is 30.3 Å². The molecule has 0 fully saturated rings. The Morgan fingerprint density at radius 1 is 1.10 bits per heavy atom. The number of benzene rings is 2. The average molecular weight is 277 g/mol. The molecule has 0 amide bonds. The van der Waals surface area contributed by atoms with E-state index in [1.54, 1.807) is 38.3 Å². The van der Waals surface area contributed by atoms with Gasteiger partial charge in [-0.3, -0.25) is 0 Å². The van der Waals surface area contributed by atoms with Crippen LogP contribution in [-0.4, -0.2) is 14.2 Å². The standard InChI is InChI=1S/C16H17F2NO/c1-10-4-6-13(16(18)15(10)17)11-5-7-14(20-3)12(8-11)9-19-2/h4-8,19H,9H2,1-3H3. The van der Waals surface area contributed by atoms with E-state index >= 15 is 0 Å². The lowest BCUT2D eigenvalue weighted by molar-refractivity contribution is 0.408. The molecule has 2 aromatic rings. The minimum Gasteiger partial charge on any atom is -0.496 e. The molecule has 0 saturated heterocycles. The molecular formula is C16H17F2NO. The van der Waals surface area contributed by atoms with E-state index in [9.17, 15) is 8.78 Å². The zero-order valence-corrected chi connectivity index (χ0v) is 11.8. The highest BCUT2D eigenvalue weighted by Crippen LogP contribution is 2.30. The van der Waals surface area contributed by atoms with E-state index < -0.39 is 11.6 Å². The summed E-state index contributed by atoms with van der Waals surface area (Å²) >= 11 is 0. The van der Waals surface area contributed by atoms with Gasteiger partial charge in [0, 0.05) is 17.7 Å². The third-order valence-electron chi connectivity index (χ3n) is 3.23. The van der Waals surface area contributed by atoms with Gasteiger partial charge in [0.1, 0.15) is 5.75 Å². The van der Waals surface area contributed by atoms with Gasteiger partial charge in [-0.1, -0.05) is 18.2 Å².